The van der Waals surface area contributed by atoms with Crippen molar-refractivity contribution >= 4 is 29.9 Å². The van der Waals surface area contributed by atoms with Gasteiger partial charge in [0, 0.05) is 18.0 Å². The molecule has 102 valence electrons. The van der Waals surface area contributed by atoms with Gasteiger partial charge in [0.05, 0.1) is 6.04 Å². The van der Waals surface area contributed by atoms with Crippen LogP contribution in [-0.4, -0.2) is 12.5 Å². The molecule has 0 aliphatic heterocycles. The fourth-order valence-corrected chi connectivity index (χ4v) is 1.81. The molecule has 0 saturated carbocycles. The van der Waals surface area contributed by atoms with E-state index < -0.39 is 0 Å². The van der Waals surface area contributed by atoms with Gasteiger partial charge in [0.25, 0.3) is 0 Å². The molecule has 5 heteroatoms. The van der Waals surface area contributed by atoms with Crippen molar-refractivity contribution < 1.29 is 4.79 Å². The molecule has 1 rings (SSSR count). The molecule has 0 bridgehead atoms. The highest BCUT2D eigenvalue weighted by Crippen LogP contribution is 2.23. The molecule has 0 fully saturated rings. The first-order valence-electron chi connectivity index (χ1n) is 5.79. The fraction of sp³-hybridized carbons (Fsp3) is 0.462. The normalized spacial score (nSPS) is 11.8. The number of carbonyl (C=O) groups is 1. The molecule has 0 saturated heterocycles. The lowest BCUT2D eigenvalue weighted by Gasteiger charge is -2.23. The van der Waals surface area contributed by atoms with Gasteiger partial charge in [0.1, 0.15) is 0 Å². The van der Waals surface area contributed by atoms with Crippen LogP contribution in [0.1, 0.15) is 31.9 Å². The van der Waals surface area contributed by atoms with Crippen molar-refractivity contribution in [1.82, 2.24) is 5.32 Å². The van der Waals surface area contributed by atoms with Crippen LogP contribution in [0.25, 0.3) is 0 Å². The number of amides is 1. The van der Waals surface area contributed by atoms with Crippen LogP contribution in [0.15, 0.2) is 24.3 Å². The molecule has 1 amide bonds. The highest BCUT2D eigenvalue weighted by molar-refractivity contribution is 6.30. The minimum absolute atomic E-state index is 0. The van der Waals surface area contributed by atoms with Crippen molar-refractivity contribution in [2.75, 3.05) is 6.54 Å². The first-order valence-corrected chi connectivity index (χ1v) is 6.17. The van der Waals surface area contributed by atoms with Crippen molar-refractivity contribution in [3.8, 4) is 0 Å². The summed E-state index contributed by atoms with van der Waals surface area (Å²) in [4.78, 5) is 11.6. The van der Waals surface area contributed by atoms with Crippen LogP contribution in [0.3, 0.4) is 0 Å². The van der Waals surface area contributed by atoms with Gasteiger partial charge < -0.3 is 11.1 Å². The van der Waals surface area contributed by atoms with Crippen molar-refractivity contribution in [2.24, 2.45) is 11.7 Å². The molecule has 3 nitrogen and oxygen atoms in total. The topological polar surface area (TPSA) is 55.1 Å². The van der Waals surface area contributed by atoms with Gasteiger partial charge in [-0.3, -0.25) is 4.79 Å². The average molecular weight is 291 g/mol. The summed E-state index contributed by atoms with van der Waals surface area (Å²) in [5.41, 5.74) is 6.43. The Labute approximate surface area is 119 Å². The van der Waals surface area contributed by atoms with E-state index in [2.05, 4.69) is 19.2 Å². The largest absolute Gasteiger partial charge is 0.349 e. The van der Waals surface area contributed by atoms with Crippen LogP contribution in [0.5, 0.6) is 0 Å². The van der Waals surface area contributed by atoms with Crippen molar-refractivity contribution in [3.05, 3.63) is 34.9 Å². The highest BCUT2D eigenvalue weighted by atomic mass is 35.5. The third kappa shape index (κ3) is 5.25. The number of halogens is 2. The van der Waals surface area contributed by atoms with E-state index in [1.807, 2.05) is 24.3 Å². The van der Waals surface area contributed by atoms with Gasteiger partial charge in [-0.05, 0) is 23.6 Å². The number of hydrogen-bond acceptors (Lipinski definition) is 2. The van der Waals surface area contributed by atoms with Gasteiger partial charge in [-0.15, -0.1) is 12.4 Å². The Hall–Kier alpha value is -0.770. The first-order chi connectivity index (χ1) is 8.04. The van der Waals surface area contributed by atoms with Crippen LogP contribution >= 0.6 is 24.0 Å². The molecular formula is C13H20Cl2N2O. The molecular weight excluding hydrogens is 271 g/mol. The lowest BCUT2D eigenvalue weighted by atomic mass is 9.96. The molecule has 0 aliphatic rings. The number of rotatable bonds is 5. The number of nitrogens with one attached hydrogen (secondary N) is 1. The number of benzene rings is 1. The van der Waals surface area contributed by atoms with Gasteiger partial charge in [-0.1, -0.05) is 37.6 Å². The first kappa shape index (κ1) is 17.2. The van der Waals surface area contributed by atoms with E-state index in [-0.39, 0.29) is 24.4 Å². The summed E-state index contributed by atoms with van der Waals surface area (Å²) in [7, 11) is 0. The Morgan fingerprint density at radius 3 is 2.33 bits per heavy atom. The molecule has 3 N–H and O–H groups in total. The predicted octanol–water partition coefficient (Wildman–Crippen LogP) is 2.92. The van der Waals surface area contributed by atoms with E-state index in [1.54, 1.807) is 0 Å². The Morgan fingerprint density at radius 2 is 1.89 bits per heavy atom. The van der Waals surface area contributed by atoms with E-state index in [9.17, 15) is 4.79 Å². The summed E-state index contributed by atoms with van der Waals surface area (Å²) in [5.74, 6) is 0.305. The second kappa shape index (κ2) is 8.35. The molecule has 0 aliphatic carbocycles. The molecule has 18 heavy (non-hydrogen) atoms. The van der Waals surface area contributed by atoms with Crippen LogP contribution in [0.4, 0.5) is 0 Å². The maximum absolute atomic E-state index is 11.6. The van der Waals surface area contributed by atoms with Crippen LogP contribution in [0, 0.1) is 5.92 Å². The standard InChI is InChI=1S/C13H19ClN2O.ClH/c1-9(2)13(16-12(17)7-8-15)10-3-5-11(14)6-4-10;/h3-6,9,13H,7-8,15H2,1-2H3,(H,16,17);1H. The van der Waals surface area contributed by atoms with Crippen LogP contribution < -0.4 is 11.1 Å². The molecule has 0 heterocycles. The van der Waals surface area contributed by atoms with Gasteiger partial charge >= 0.3 is 0 Å². The maximum Gasteiger partial charge on any atom is 0.221 e. The number of hydrogen-bond donors (Lipinski definition) is 2. The smallest absolute Gasteiger partial charge is 0.221 e. The summed E-state index contributed by atoms with van der Waals surface area (Å²) >= 11 is 5.85. The molecule has 1 atom stereocenters. The van der Waals surface area contributed by atoms with E-state index >= 15 is 0 Å². The SMILES string of the molecule is CC(C)C(NC(=O)CCN)c1ccc(Cl)cc1.Cl. The number of nitrogens with two attached hydrogens (primary N) is 1. The minimum atomic E-state index is -0.0128. The molecule has 0 aromatic heterocycles. The molecule has 0 spiro atoms. The number of carbonyl (C=O) groups excluding carboxylic acids is 1. The van der Waals surface area contributed by atoms with E-state index in [0.29, 0.717) is 23.9 Å². The Bertz CT molecular complexity index is 366. The fourth-order valence-electron chi connectivity index (χ4n) is 1.68. The Balaban J connectivity index is 0.00000289. The van der Waals surface area contributed by atoms with Gasteiger partial charge in [-0.25, -0.2) is 0 Å². The van der Waals surface area contributed by atoms with Crippen molar-refractivity contribution in [2.45, 2.75) is 26.3 Å². The van der Waals surface area contributed by atoms with E-state index in [1.165, 1.54) is 0 Å². The van der Waals surface area contributed by atoms with Crippen LogP contribution in [0.2, 0.25) is 5.02 Å². The van der Waals surface area contributed by atoms with E-state index in [0.717, 1.165) is 5.56 Å². The van der Waals surface area contributed by atoms with Crippen molar-refractivity contribution in [3.63, 3.8) is 0 Å². The maximum atomic E-state index is 11.6. The van der Waals surface area contributed by atoms with Crippen LogP contribution in [-0.2, 0) is 4.79 Å². The second-order valence-electron chi connectivity index (χ2n) is 4.38. The van der Waals surface area contributed by atoms with Gasteiger partial charge in [-0.2, -0.15) is 0 Å². The zero-order valence-electron chi connectivity index (χ0n) is 10.7. The second-order valence-corrected chi connectivity index (χ2v) is 4.82. The third-order valence-electron chi connectivity index (χ3n) is 2.58. The predicted molar refractivity (Wildman–Crippen MR) is 78.1 cm³/mol. The zero-order chi connectivity index (χ0) is 12.8. The monoisotopic (exact) mass is 290 g/mol. The van der Waals surface area contributed by atoms with Gasteiger partial charge in [0.2, 0.25) is 5.91 Å². The summed E-state index contributed by atoms with van der Waals surface area (Å²) in [5, 5.41) is 3.69. The lowest BCUT2D eigenvalue weighted by molar-refractivity contribution is -0.122. The quantitative estimate of drug-likeness (QED) is 0.876. The lowest BCUT2D eigenvalue weighted by Crippen LogP contribution is -2.32. The minimum Gasteiger partial charge on any atom is -0.349 e. The summed E-state index contributed by atoms with van der Waals surface area (Å²) in [6.45, 7) is 4.52. The summed E-state index contributed by atoms with van der Waals surface area (Å²) in [6.07, 6.45) is 0.358. The molecule has 1 unspecified atom stereocenters. The molecule has 1 aromatic carbocycles. The zero-order valence-corrected chi connectivity index (χ0v) is 12.2. The summed E-state index contributed by atoms with van der Waals surface area (Å²) in [6, 6.07) is 7.56. The average Bonchev–Trinajstić information content (AvgIpc) is 2.27. The van der Waals surface area contributed by atoms with E-state index in [4.69, 9.17) is 17.3 Å². The Kier molecular flexibility index (Phi) is 8.00. The summed E-state index contributed by atoms with van der Waals surface area (Å²) < 4.78 is 0. The van der Waals surface area contributed by atoms with Gasteiger partial charge in [0.15, 0.2) is 0 Å². The van der Waals surface area contributed by atoms with Crippen molar-refractivity contribution in [1.29, 1.82) is 0 Å². The molecule has 0 radical (unpaired) electrons. The highest BCUT2D eigenvalue weighted by Gasteiger charge is 2.17. The molecule has 1 aromatic rings. The third-order valence-corrected chi connectivity index (χ3v) is 2.84. The Morgan fingerprint density at radius 1 is 1.33 bits per heavy atom.